The molecule has 0 aromatic heterocycles. The molecule has 0 heterocycles. The average Bonchev–Trinajstić information content (AvgIpc) is 2.83. The third-order valence-corrected chi connectivity index (χ3v) is 6.59. The predicted molar refractivity (Wildman–Crippen MR) is 137 cm³/mol. The fraction of sp³-hybridized carbons (Fsp3) is 0.960. The summed E-state index contributed by atoms with van der Waals surface area (Å²) in [5.41, 5.74) is 0. The fourth-order valence-corrected chi connectivity index (χ4v) is 4.21. The van der Waals surface area contributed by atoms with E-state index in [1.807, 2.05) is 0 Å². The van der Waals surface area contributed by atoms with Crippen LogP contribution in [0.5, 0.6) is 0 Å². The summed E-state index contributed by atoms with van der Waals surface area (Å²) < 4.78 is 31.6. The molecule has 0 rings (SSSR count). The Hall–Kier alpha value is -0.580. The lowest BCUT2D eigenvalue weighted by Crippen LogP contribution is -2.33. The molecule has 0 fully saturated rings. The largest absolute Gasteiger partial charge is 0.756 e. The normalized spacial score (nSPS) is 15.1. The molecular weight excluding hydrogens is 489 g/mol. The highest BCUT2D eigenvalue weighted by Crippen LogP contribution is 2.38. The van der Waals surface area contributed by atoms with Crippen LogP contribution in [0.3, 0.4) is 0 Å². The van der Waals surface area contributed by atoms with Crippen molar-refractivity contribution in [3.63, 3.8) is 0 Å². The van der Waals surface area contributed by atoms with Gasteiger partial charge in [0.2, 0.25) is 0 Å². The van der Waals surface area contributed by atoms with E-state index in [0.29, 0.717) is 13.0 Å². The molecule has 11 heteroatoms. The molecule has 3 unspecified atom stereocenters. The molecule has 0 spiro atoms. The van der Waals surface area contributed by atoms with Gasteiger partial charge in [0.05, 0.1) is 19.8 Å². The van der Waals surface area contributed by atoms with Gasteiger partial charge in [0, 0.05) is 13.0 Å². The lowest BCUT2D eigenvalue weighted by molar-refractivity contribution is -0.233. The first-order valence-corrected chi connectivity index (χ1v) is 15.0. The standard InChI is InChI=1S/C25H52NO9P/c1-4-5-6-7-8-9-10-11-12-13-14-15-16-17-24(28)32-21-23(35-25(29)20-27)22-34-36(30,31)33-19-18-26(2)3/h23,25,27,29H,4-22H2,1-3H3,(H,30,31)/p-1. The molecule has 0 aliphatic heterocycles. The molecule has 0 amide bonds. The number of carbonyl (C=O) groups is 1. The second-order valence-corrected chi connectivity index (χ2v) is 10.9. The van der Waals surface area contributed by atoms with Gasteiger partial charge >= 0.3 is 5.97 Å². The quantitative estimate of drug-likeness (QED) is 0.0721. The maximum absolute atomic E-state index is 12.0. The van der Waals surface area contributed by atoms with Gasteiger partial charge in [-0.1, -0.05) is 84.0 Å². The summed E-state index contributed by atoms with van der Waals surface area (Å²) in [6.07, 6.45) is 13.4. The minimum Gasteiger partial charge on any atom is -0.756 e. The van der Waals surface area contributed by atoms with Gasteiger partial charge in [0.15, 0.2) is 6.29 Å². The predicted octanol–water partition coefficient (Wildman–Crippen LogP) is 3.77. The Labute approximate surface area is 218 Å². The number of ether oxygens (including phenoxy) is 2. The van der Waals surface area contributed by atoms with Gasteiger partial charge in [-0.2, -0.15) is 0 Å². The molecule has 0 aromatic rings. The smallest absolute Gasteiger partial charge is 0.305 e. The Morgan fingerprint density at radius 1 is 0.889 bits per heavy atom. The summed E-state index contributed by atoms with van der Waals surface area (Å²) in [4.78, 5) is 25.6. The molecule has 216 valence electrons. The number of aliphatic hydroxyl groups excluding tert-OH is 2. The van der Waals surface area contributed by atoms with E-state index in [0.717, 1.165) is 12.8 Å². The number of carbonyl (C=O) groups excluding carboxylic acids is 1. The highest BCUT2D eigenvalue weighted by atomic mass is 31.2. The van der Waals surface area contributed by atoms with Gasteiger partial charge in [-0.3, -0.25) is 9.36 Å². The van der Waals surface area contributed by atoms with Crippen molar-refractivity contribution in [2.75, 3.05) is 47.1 Å². The van der Waals surface area contributed by atoms with Crippen molar-refractivity contribution in [1.29, 1.82) is 0 Å². The molecular formula is C25H51NO9P-. The second-order valence-electron chi connectivity index (χ2n) is 9.45. The first kappa shape index (κ1) is 35.4. The number of hydrogen-bond acceptors (Lipinski definition) is 10. The number of unbranched alkanes of at least 4 members (excludes halogenated alkanes) is 12. The van der Waals surface area contributed by atoms with Gasteiger partial charge in [0.1, 0.15) is 12.7 Å². The summed E-state index contributed by atoms with van der Waals surface area (Å²) in [7, 11) is -1.05. The Kier molecular flexibility index (Phi) is 23.2. The topological polar surface area (TPSA) is 138 Å². The maximum atomic E-state index is 12.0. The van der Waals surface area contributed by atoms with Gasteiger partial charge in [0.25, 0.3) is 7.82 Å². The molecule has 0 saturated carbocycles. The number of phosphoric ester groups is 1. The number of phosphoric acid groups is 1. The number of aliphatic hydroxyl groups is 2. The van der Waals surface area contributed by atoms with Crippen molar-refractivity contribution in [3.05, 3.63) is 0 Å². The number of esters is 1. The zero-order valence-corrected chi connectivity index (χ0v) is 23.6. The highest BCUT2D eigenvalue weighted by molar-refractivity contribution is 7.45. The Morgan fingerprint density at radius 3 is 1.92 bits per heavy atom. The van der Waals surface area contributed by atoms with Crippen LogP contribution in [-0.2, 0) is 27.9 Å². The summed E-state index contributed by atoms with van der Waals surface area (Å²) in [5, 5.41) is 18.5. The van der Waals surface area contributed by atoms with E-state index in [1.165, 1.54) is 64.2 Å². The molecule has 0 aliphatic rings. The van der Waals surface area contributed by atoms with E-state index < -0.39 is 39.4 Å². The van der Waals surface area contributed by atoms with Gasteiger partial charge in [-0.05, 0) is 20.5 Å². The molecule has 0 aromatic carbocycles. The second kappa shape index (κ2) is 23.5. The van der Waals surface area contributed by atoms with Crippen molar-refractivity contribution in [2.45, 2.75) is 109 Å². The lowest BCUT2D eigenvalue weighted by Gasteiger charge is -2.27. The molecule has 0 radical (unpaired) electrons. The van der Waals surface area contributed by atoms with Crippen molar-refractivity contribution in [2.24, 2.45) is 0 Å². The summed E-state index contributed by atoms with van der Waals surface area (Å²) >= 11 is 0. The number of likely N-dealkylation sites (N-methyl/N-ethyl adjacent to an activating group) is 1. The number of rotatable bonds is 26. The van der Waals surface area contributed by atoms with Crippen LogP contribution < -0.4 is 4.89 Å². The molecule has 0 saturated heterocycles. The van der Waals surface area contributed by atoms with Crippen LogP contribution in [0.15, 0.2) is 0 Å². The fourth-order valence-electron chi connectivity index (χ4n) is 3.48. The number of nitrogens with zero attached hydrogens (tertiary/aromatic N) is 1. The SMILES string of the molecule is CCCCCCCCCCCCCCCC(=O)OCC(COP(=O)([O-])OCCN(C)C)OC(O)CO. The summed E-state index contributed by atoms with van der Waals surface area (Å²) in [6, 6.07) is 0. The molecule has 10 nitrogen and oxygen atoms in total. The zero-order valence-electron chi connectivity index (χ0n) is 22.7. The first-order chi connectivity index (χ1) is 17.2. The Balaban J connectivity index is 3.99. The molecule has 2 N–H and O–H groups in total. The van der Waals surface area contributed by atoms with Gasteiger partial charge in [-0.15, -0.1) is 0 Å². The van der Waals surface area contributed by atoms with E-state index in [-0.39, 0.29) is 19.6 Å². The van der Waals surface area contributed by atoms with E-state index in [9.17, 15) is 19.4 Å². The average molecular weight is 541 g/mol. The maximum Gasteiger partial charge on any atom is 0.305 e. The van der Waals surface area contributed by atoms with Crippen LogP contribution in [-0.4, -0.2) is 80.5 Å². The molecule has 3 atom stereocenters. The Bertz CT molecular complexity index is 566. The zero-order chi connectivity index (χ0) is 27.1. The molecule has 36 heavy (non-hydrogen) atoms. The van der Waals surface area contributed by atoms with Crippen molar-refractivity contribution >= 4 is 13.8 Å². The van der Waals surface area contributed by atoms with Gasteiger partial charge in [-0.25, -0.2) is 0 Å². The van der Waals surface area contributed by atoms with Crippen LogP contribution in [0.2, 0.25) is 0 Å². The third kappa shape index (κ3) is 23.8. The van der Waals surface area contributed by atoms with E-state index in [1.54, 1.807) is 19.0 Å². The van der Waals surface area contributed by atoms with Crippen LogP contribution in [0.25, 0.3) is 0 Å². The summed E-state index contributed by atoms with van der Waals surface area (Å²) in [5.74, 6) is -0.433. The minimum atomic E-state index is -4.59. The molecule has 0 aliphatic carbocycles. The van der Waals surface area contributed by atoms with Crippen LogP contribution in [0.4, 0.5) is 0 Å². The first-order valence-electron chi connectivity index (χ1n) is 13.5. The minimum absolute atomic E-state index is 0.0767. The number of hydrogen-bond donors (Lipinski definition) is 2. The van der Waals surface area contributed by atoms with Gasteiger partial charge < -0.3 is 38.5 Å². The van der Waals surface area contributed by atoms with Crippen molar-refractivity contribution in [3.8, 4) is 0 Å². The summed E-state index contributed by atoms with van der Waals surface area (Å²) in [6.45, 7) is 1.01. The molecule has 0 bridgehead atoms. The van der Waals surface area contributed by atoms with Crippen molar-refractivity contribution in [1.82, 2.24) is 4.90 Å². The monoisotopic (exact) mass is 540 g/mol. The lowest BCUT2D eigenvalue weighted by atomic mass is 10.0. The van der Waals surface area contributed by atoms with Crippen LogP contribution in [0.1, 0.15) is 96.8 Å². The van der Waals surface area contributed by atoms with Crippen molar-refractivity contribution < 1.29 is 43.0 Å². The Morgan fingerprint density at radius 2 is 1.42 bits per heavy atom. The third-order valence-electron chi connectivity index (χ3n) is 5.63. The van der Waals surface area contributed by atoms with E-state index in [2.05, 4.69) is 6.92 Å². The van der Waals surface area contributed by atoms with Crippen LogP contribution >= 0.6 is 7.82 Å². The van der Waals surface area contributed by atoms with Crippen LogP contribution in [0, 0.1) is 0 Å². The van der Waals surface area contributed by atoms with E-state index >= 15 is 0 Å². The van der Waals surface area contributed by atoms with E-state index in [4.69, 9.17) is 23.6 Å². The highest BCUT2D eigenvalue weighted by Gasteiger charge is 2.20.